The van der Waals surface area contributed by atoms with Gasteiger partial charge in [-0.1, -0.05) is 48.6 Å². The lowest BCUT2D eigenvalue weighted by Gasteiger charge is -2.09. The van der Waals surface area contributed by atoms with Crippen LogP contribution in [0.3, 0.4) is 0 Å². The number of carbonyl (C=O) groups excluding carboxylic acids is 1. The molecule has 4 aromatic rings. The van der Waals surface area contributed by atoms with E-state index in [1.165, 1.54) is 30.3 Å². The van der Waals surface area contributed by atoms with E-state index in [9.17, 15) is 22.8 Å². The molecule has 2 N–H and O–H groups in total. The van der Waals surface area contributed by atoms with Crippen LogP contribution in [0.4, 0.5) is 18.9 Å². The number of benzene rings is 4. The minimum absolute atomic E-state index is 0.0907. The topological polar surface area (TPSA) is 66.4 Å². The molecule has 7 heteroatoms. The van der Waals surface area contributed by atoms with Crippen molar-refractivity contribution < 1.29 is 27.9 Å². The zero-order valence-corrected chi connectivity index (χ0v) is 17.6. The molecule has 0 saturated carbocycles. The molecular weight excluding hydrogens is 443 g/mol. The molecule has 34 heavy (non-hydrogen) atoms. The second kappa shape index (κ2) is 9.23. The van der Waals surface area contributed by atoms with Gasteiger partial charge in [-0.2, -0.15) is 13.2 Å². The number of anilines is 1. The van der Waals surface area contributed by atoms with Crippen molar-refractivity contribution in [3.63, 3.8) is 0 Å². The zero-order valence-electron chi connectivity index (χ0n) is 17.6. The lowest BCUT2D eigenvalue weighted by atomic mass is 10.0. The van der Waals surface area contributed by atoms with Crippen LogP contribution < -0.4 is 5.32 Å². The van der Waals surface area contributed by atoms with E-state index in [0.29, 0.717) is 16.8 Å². The average Bonchev–Trinajstić information content (AvgIpc) is 2.82. The Hall–Kier alpha value is -4.39. The van der Waals surface area contributed by atoms with Crippen LogP contribution in [0.1, 0.15) is 37.4 Å². The van der Waals surface area contributed by atoms with Crippen LogP contribution in [0, 0.1) is 0 Å². The molecule has 1 amide bonds. The summed E-state index contributed by atoms with van der Waals surface area (Å²) in [6, 6.07) is 21.6. The Labute approximate surface area is 193 Å². The van der Waals surface area contributed by atoms with Crippen molar-refractivity contribution in [2.24, 2.45) is 0 Å². The molecule has 0 aliphatic carbocycles. The molecule has 0 heterocycles. The summed E-state index contributed by atoms with van der Waals surface area (Å²) in [7, 11) is 0. The zero-order chi connectivity index (χ0) is 24.3. The summed E-state index contributed by atoms with van der Waals surface area (Å²) in [4.78, 5) is 23.5. The second-order valence-electron chi connectivity index (χ2n) is 7.58. The van der Waals surface area contributed by atoms with Crippen molar-refractivity contribution in [3.05, 3.63) is 113 Å². The predicted octanol–water partition coefficient (Wildman–Crippen LogP) is 6.98. The molecule has 0 bridgehead atoms. The Bertz CT molecular complexity index is 1410. The van der Waals surface area contributed by atoms with Gasteiger partial charge in [0.25, 0.3) is 5.91 Å². The van der Waals surface area contributed by atoms with E-state index in [1.54, 1.807) is 30.4 Å². The first kappa shape index (κ1) is 22.8. The van der Waals surface area contributed by atoms with Crippen LogP contribution in [0.25, 0.3) is 22.9 Å². The number of carbonyl (C=O) groups is 2. The third kappa shape index (κ3) is 5.15. The molecule has 0 spiro atoms. The molecule has 4 aromatic carbocycles. The smallest absolute Gasteiger partial charge is 0.416 e. The molecule has 0 radical (unpaired) electrons. The highest BCUT2D eigenvalue weighted by molar-refractivity contribution is 6.06. The first-order valence-electron chi connectivity index (χ1n) is 10.2. The number of hydrogen-bond acceptors (Lipinski definition) is 2. The Morgan fingerprint density at radius 2 is 1.50 bits per heavy atom. The van der Waals surface area contributed by atoms with Crippen LogP contribution in [-0.4, -0.2) is 17.0 Å². The number of carboxylic acid groups (broad SMARTS) is 1. The van der Waals surface area contributed by atoms with Crippen molar-refractivity contribution in [2.45, 2.75) is 6.18 Å². The molecule has 0 aliphatic heterocycles. The van der Waals surface area contributed by atoms with Crippen LogP contribution in [-0.2, 0) is 6.18 Å². The van der Waals surface area contributed by atoms with E-state index < -0.39 is 17.7 Å². The van der Waals surface area contributed by atoms with Crippen molar-refractivity contribution in [2.75, 3.05) is 5.32 Å². The molecule has 0 unspecified atom stereocenters. The van der Waals surface area contributed by atoms with Gasteiger partial charge in [0.2, 0.25) is 0 Å². The fourth-order valence-electron chi connectivity index (χ4n) is 3.50. The van der Waals surface area contributed by atoms with Crippen molar-refractivity contribution in [1.29, 1.82) is 0 Å². The minimum atomic E-state index is -4.40. The number of halogens is 3. The van der Waals surface area contributed by atoms with Gasteiger partial charge in [-0.05, 0) is 70.4 Å². The summed E-state index contributed by atoms with van der Waals surface area (Å²) in [6.45, 7) is 0. The maximum absolute atomic E-state index is 12.9. The average molecular weight is 461 g/mol. The van der Waals surface area contributed by atoms with Crippen molar-refractivity contribution >= 4 is 40.5 Å². The van der Waals surface area contributed by atoms with E-state index in [-0.39, 0.29) is 11.5 Å². The SMILES string of the molecule is O=C(O)c1ccc(C(=O)Nc2ccc3c(/C=C/c4cccc(C(F)(F)F)c4)cccc3c2)cc1. The maximum atomic E-state index is 12.9. The first-order chi connectivity index (χ1) is 16.2. The van der Waals surface area contributed by atoms with Crippen LogP contribution in [0.15, 0.2) is 84.9 Å². The van der Waals surface area contributed by atoms with Crippen molar-refractivity contribution in [3.8, 4) is 0 Å². The first-order valence-corrected chi connectivity index (χ1v) is 10.2. The van der Waals surface area contributed by atoms with Gasteiger partial charge in [-0.25, -0.2) is 4.79 Å². The van der Waals surface area contributed by atoms with Gasteiger partial charge in [0, 0.05) is 11.3 Å². The Balaban J connectivity index is 1.55. The Morgan fingerprint density at radius 1 is 0.794 bits per heavy atom. The number of carboxylic acids is 1. The number of rotatable bonds is 5. The lowest BCUT2D eigenvalue weighted by Crippen LogP contribution is -2.12. The van der Waals surface area contributed by atoms with Crippen LogP contribution in [0.5, 0.6) is 0 Å². The fraction of sp³-hybridized carbons (Fsp3) is 0.0370. The van der Waals surface area contributed by atoms with Crippen LogP contribution in [0.2, 0.25) is 0 Å². The van der Waals surface area contributed by atoms with Gasteiger partial charge in [0.15, 0.2) is 0 Å². The number of amides is 1. The summed E-state index contributed by atoms with van der Waals surface area (Å²) in [5.74, 6) is -1.45. The Morgan fingerprint density at radius 3 is 2.21 bits per heavy atom. The van der Waals surface area contributed by atoms with Crippen molar-refractivity contribution in [1.82, 2.24) is 0 Å². The molecule has 0 atom stereocenters. The van der Waals surface area contributed by atoms with Crippen LogP contribution >= 0.6 is 0 Å². The molecule has 0 aliphatic rings. The standard InChI is InChI=1S/C27H18F3NO3/c28-27(29,30)22-6-1-3-17(15-22)7-8-18-4-2-5-21-16-23(13-14-24(18)21)31-25(32)19-9-11-20(12-10-19)26(33)34/h1-16H,(H,31,32)(H,33,34)/b8-7+. The van der Waals surface area contributed by atoms with Gasteiger partial charge in [0.05, 0.1) is 11.1 Å². The third-order valence-electron chi connectivity index (χ3n) is 5.24. The monoisotopic (exact) mass is 461 g/mol. The number of alkyl halides is 3. The summed E-state index contributed by atoms with van der Waals surface area (Å²) < 4.78 is 38.8. The van der Waals surface area contributed by atoms with Gasteiger partial charge >= 0.3 is 12.1 Å². The molecule has 0 fully saturated rings. The lowest BCUT2D eigenvalue weighted by molar-refractivity contribution is -0.137. The predicted molar refractivity (Wildman–Crippen MR) is 126 cm³/mol. The molecule has 0 aromatic heterocycles. The van der Waals surface area contributed by atoms with Gasteiger partial charge < -0.3 is 10.4 Å². The highest BCUT2D eigenvalue weighted by Gasteiger charge is 2.30. The molecule has 4 rings (SSSR count). The molecular formula is C27H18F3NO3. The highest BCUT2D eigenvalue weighted by Crippen LogP contribution is 2.30. The summed E-state index contributed by atoms with van der Waals surface area (Å²) in [5, 5.41) is 13.5. The van der Waals surface area contributed by atoms with E-state index in [1.807, 2.05) is 24.3 Å². The molecule has 4 nitrogen and oxygen atoms in total. The normalized spacial score (nSPS) is 11.6. The minimum Gasteiger partial charge on any atom is -0.478 e. The highest BCUT2D eigenvalue weighted by atomic mass is 19.4. The number of nitrogens with one attached hydrogen (secondary N) is 1. The Kier molecular flexibility index (Phi) is 6.19. The summed E-state index contributed by atoms with van der Waals surface area (Å²) in [5.41, 5.74) is 1.52. The number of fused-ring (bicyclic) bond motifs is 1. The maximum Gasteiger partial charge on any atom is 0.416 e. The van der Waals surface area contributed by atoms with Gasteiger partial charge in [-0.15, -0.1) is 0 Å². The van der Waals surface area contributed by atoms with E-state index >= 15 is 0 Å². The molecule has 170 valence electrons. The molecule has 0 saturated heterocycles. The number of hydrogen-bond donors (Lipinski definition) is 2. The largest absolute Gasteiger partial charge is 0.478 e. The van der Waals surface area contributed by atoms with Gasteiger partial charge in [0.1, 0.15) is 0 Å². The van der Waals surface area contributed by atoms with Gasteiger partial charge in [-0.3, -0.25) is 4.79 Å². The quantitative estimate of drug-likeness (QED) is 0.315. The van der Waals surface area contributed by atoms with E-state index in [4.69, 9.17) is 5.11 Å². The van der Waals surface area contributed by atoms with E-state index in [2.05, 4.69) is 5.32 Å². The third-order valence-corrected chi connectivity index (χ3v) is 5.24. The van der Waals surface area contributed by atoms with E-state index in [0.717, 1.165) is 28.5 Å². The fourth-order valence-corrected chi connectivity index (χ4v) is 3.50. The second-order valence-corrected chi connectivity index (χ2v) is 7.58. The summed E-state index contributed by atoms with van der Waals surface area (Å²) >= 11 is 0. The number of aromatic carboxylic acids is 1. The summed E-state index contributed by atoms with van der Waals surface area (Å²) in [6.07, 6.45) is -1.02.